The molecule has 1 saturated carbocycles. The number of aromatic nitrogens is 4. The van der Waals surface area contributed by atoms with Crippen molar-refractivity contribution in [2.75, 3.05) is 10.6 Å². The lowest BCUT2D eigenvalue weighted by molar-refractivity contribution is 0.583. The van der Waals surface area contributed by atoms with Crippen molar-refractivity contribution < 1.29 is 8.78 Å². The Hall–Kier alpha value is -3.28. The second kappa shape index (κ2) is 5.42. The third-order valence-corrected chi connectivity index (χ3v) is 3.60. The van der Waals surface area contributed by atoms with Gasteiger partial charge in [-0.05, 0) is 18.9 Å². The Bertz CT molecular complexity index is 972. The summed E-state index contributed by atoms with van der Waals surface area (Å²) in [6.45, 7) is 0. The maximum atomic E-state index is 13.9. The zero-order chi connectivity index (χ0) is 16.7. The summed E-state index contributed by atoms with van der Waals surface area (Å²) in [5, 5.41) is 19.0. The Labute approximate surface area is 135 Å². The van der Waals surface area contributed by atoms with Gasteiger partial charge in [0.2, 0.25) is 5.95 Å². The number of benzene rings is 1. The highest BCUT2D eigenvalue weighted by atomic mass is 19.1. The summed E-state index contributed by atoms with van der Waals surface area (Å²) in [6.07, 6.45) is 5.33. The fraction of sp³-hybridized carbons (Fsp3) is 0.200. The standard InChI is InChI=1S/C15H11F2N7/c16-10-6-11(17)12(5-8(10)7-18)21-15-22-13(20-9-1-2-9)14-19-3-4-24(14)23-15/h3-6,9H,1-2H2,(H2,20,21,22,23). The smallest absolute Gasteiger partial charge is 0.247 e. The number of nitrogens with one attached hydrogen (secondary N) is 2. The van der Waals surface area contributed by atoms with Gasteiger partial charge in [-0.1, -0.05) is 0 Å². The van der Waals surface area contributed by atoms with E-state index in [-0.39, 0.29) is 17.2 Å². The average Bonchev–Trinajstić information content (AvgIpc) is 3.24. The van der Waals surface area contributed by atoms with Crippen molar-refractivity contribution in [3.63, 3.8) is 0 Å². The van der Waals surface area contributed by atoms with Gasteiger partial charge in [0, 0.05) is 24.5 Å². The molecule has 0 aliphatic heterocycles. The van der Waals surface area contributed by atoms with E-state index in [0.29, 0.717) is 23.6 Å². The molecule has 2 N–H and O–H groups in total. The van der Waals surface area contributed by atoms with E-state index < -0.39 is 11.6 Å². The molecule has 4 rings (SSSR count). The summed E-state index contributed by atoms with van der Waals surface area (Å²) in [7, 11) is 0. The monoisotopic (exact) mass is 327 g/mol. The molecule has 3 aromatic rings. The van der Waals surface area contributed by atoms with E-state index in [9.17, 15) is 8.78 Å². The molecule has 0 saturated heterocycles. The Balaban J connectivity index is 1.73. The predicted octanol–water partition coefficient (Wildman–Crippen LogP) is 2.59. The molecule has 1 aliphatic carbocycles. The van der Waals surface area contributed by atoms with Crippen LogP contribution in [-0.2, 0) is 0 Å². The Morgan fingerprint density at radius 1 is 1.25 bits per heavy atom. The number of anilines is 3. The number of nitrogens with zero attached hydrogens (tertiary/aromatic N) is 5. The van der Waals surface area contributed by atoms with Crippen LogP contribution in [0.25, 0.3) is 5.65 Å². The summed E-state index contributed by atoms with van der Waals surface area (Å²) < 4.78 is 28.8. The van der Waals surface area contributed by atoms with Crippen molar-refractivity contribution in [1.82, 2.24) is 19.6 Å². The lowest BCUT2D eigenvalue weighted by Crippen LogP contribution is -2.10. The van der Waals surface area contributed by atoms with Crippen LogP contribution in [0.4, 0.5) is 26.2 Å². The first-order chi connectivity index (χ1) is 11.6. The molecule has 9 heteroatoms. The fourth-order valence-electron chi connectivity index (χ4n) is 2.25. The summed E-state index contributed by atoms with van der Waals surface area (Å²) in [4.78, 5) is 8.49. The molecule has 0 unspecified atom stereocenters. The van der Waals surface area contributed by atoms with Crippen LogP contribution in [0.15, 0.2) is 24.5 Å². The Morgan fingerprint density at radius 3 is 2.83 bits per heavy atom. The van der Waals surface area contributed by atoms with Gasteiger partial charge in [-0.15, -0.1) is 5.10 Å². The van der Waals surface area contributed by atoms with Crippen LogP contribution in [0.2, 0.25) is 0 Å². The molecule has 0 spiro atoms. The highest BCUT2D eigenvalue weighted by Gasteiger charge is 2.23. The number of rotatable bonds is 4. The topological polar surface area (TPSA) is 90.9 Å². The minimum atomic E-state index is -0.914. The summed E-state index contributed by atoms with van der Waals surface area (Å²) >= 11 is 0. The first kappa shape index (κ1) is 14.3. The van der Waals surface area contributed by atoms with E-state index in [1.807, 2.05) is 0 Å². The van der Waals surface area contributed by atoms with Crippen LogP contribution in [0.3, 0.4) is 0 Å². The summed E-state index contributed by atoms with van der Waals surface area (Å²) in [5.41, 5.74) is 0.216. The zero-order valence-corrected chi connectivity index (χ0v) is 12.3. The van der Waals surface area contributed by atoms with Crippen molar-refractivity contribution in [1.29, 1.82) is 5.26 Å². The third-order valence-electron chi connectivity index (χ3n) is 3.60. The minimum absolute atomic E-state index is 0.0789. The van der Waals surface area contributed by atoms with E-state index in [1.54, 1.807) is 18.5 Å². The van der Waals surface area contributed by atoms with Gasteiger partial charge in [-0.2, -0.15) is 10.2 Å². The fourth-order valence-corrected chi connectivity index (χ4v) is 2.25. The number of imidazole rings is 1. The number of hydrogen-bond acceptors (Lipinski definition) is 6. The first-order valence-electron chi connectivity index (χ1n) is 7.28. The second-order valence-electron chi connectivity index (χ2n) is 5.45. The van der Waals surface area contributed by atoms with Crippen LogP contribution in [-0.4, -0.2) is 25.6 Å². The maximum absolute atomic E-state index is 13.9. The number of halogens is 2. The molecule has 2 aromatic heterocycles. The molecule has 0 bridgehead atoms. The lowest BCUT2D eigenvalue weighted by atomic mass is 10.2. The molecule has 2 heterocycles. The van der Waals surface area contributed by atoms with Gasteiger partial charge in [-0.25, -0.2) is 18.3 Å². The highest BCUT2D eigenvalue weighted by molar-refractivity contribution is 5.66. The quantitative estimate of drug-likeness (QED) is 0.765. The molecular weight excluding hydrogens is 316 g/mol. The van der Waals surface area contributed by atoms with Gasteiger partial charge in [-0.3, -0.25) is 0 Å². The van der Waals surface area contributed by atoms with Crippen molar-refractivity contribution in [3.8, 4) is 6.07 Å². The SMILES string of the molecule is N#Cc1cc(Nc2nc(NC3CC3)c3nccn3n2)c(F)cc1F. The summed E-state index contributed by atoms with van der Waals surface area (Å²) in [6, 6.07) is 3.75. The van der Waals surface area contributed by atoms with Gasteiger partial charge < -0.3 is 10.6 Å². The molecule has 7 nitrogen and oxygen atoms in total. The van der Waals surface area contributed by atoms with E-state index in [2.05, 4.69) is 25.7 Å². The van der Waals surface area contributed by atoms with E-state index >= 15 is 0 Å². The Kier molecular flexibility index (Phi) is 3.23. The van der Waals surface area contributed by atoms with Crippen LogP contribution in [0.1, 0.15) is 18.4 Å². The summed E-state index contributed by atoms with van der Waals surface area (Å²) in [5.74, 6) is -1.11. The third kappa shape index (κ3) is 2.58. The van der Waals surface area contributed by atoms with E-state index in [1.165, 1.54) is 4.52 Å². The number of nitriles is 1. The Morgan fingerprint density at radius 2 is 2.08 bits per heavy atom. The van der Waals surface area contributed by atoms with Crippen LogP contribution in [0, 0.1) is 23.0 Å². The van der Waals surface area contributed by atoms with Gasteiger partial charge in [0.05, 0.1) is 11.3 Å². The molecule has 0 radical (unpaired) electrons. The largest absolute Gasteiger partial charge is 0.364 e. The zero-order valence-electron chi connectivity index (χ0n) is 12.3. The van der Waals surface area contributed by atoms with Crippen LogP contribution < -0.4 is 10.6 Å². The minimum Gasteiger partial charge on any atom is -0.364 e. The lowest BCUT2D eigenvalue weighted by Gasteiger charge is -2.10. The van der Waals surface area contributed by atoms with Gasteiger partial charge >= 0.3 is 0 Å². The molecule has 120 valence electrons. The number of fused-ring (bicyclic) bond motifs is 1. The highest BCUT2D eigenvalue weighted by Crippen LogP contribution is 2.27. The van der Waals surface area contributed by atoms with Gasteiger partial charge in [0.25, 0.3) is 0 Å². The van der Waals surface area contributed by atoms with Crippen molar-refractivity contribution in [2.45, 2.75) is 18.9 Å². The average molecular weight is 327 g/mol. The van der Waals surface area contributed by atoms with Crippen molar-refractivity contribution in [2.24, 2.45) is 0 Å². The van der Waals surface area contributed by atoms with Crippen LogP contribution in [0.5, 0.6) is 0 Å². The normalized spacial score (nSPS) is 13.7. The molecule has 1 fully saturated rings. The first-order valence-corrected chi connectivity index (χ1v) is 7.28. The second-order valence-corrected chi connectivity index (χ2v) is 5.45. The predicted molar refractivity (Wildman–Crippen MR) is 81.8 cm³/mol. The molecule has 24 heavy (non-hydrogen) atoms. The molecule has 1 aliphatic rings. The van der Waals surface area contributed by atoms with E-state index in [4.69, 9.17) is 5.26 Å². The molecule has 0 atom stereocenters. The van der Waals surface area contributed by atoms with Crippen molar-refractivity contribution >= 4 is 23.1 Å². The van der Waals surface area contributed by atoms with Crippen molar-refractivity contribution in [3.05, 3.63) is 41.7 Å². The molecular formula is C15H11F2N7. The number of hydrogen-bond donors (Lipinski definition) is 2. The molecule has 1 aromatic carbocycles. The maximum Gasteiger partial charge on any atom is 0.247 e. The van der Waals surface area contributed by atoms with E-state index in [0.717, 1.165) is 18.9 Å². The van der Waals surface area contributed by atoms with Gasteiger partial charge in [0.1, 0.15) is 17.7 Å². The molecule has 0 amide bonds. The van der Waals surface area contributed by atoms with Crippen LogP contribution >= 0.6 is 0 Å². The van der Waals surface area contributed by atoms with Gasteiger partial charge in [0.15, 0.2) is 11.5 Å².